The standard InChI is InChI=1S/C51H93N5O5/c1-7-10-12-13-14-15-30-55(48(58)38-56(29-9-3)47(57)21-11-8-2)31-16-20-39(4)42-22-23-43-49-44(37-46(51(42,43)6)61-34-19-28-54)50(5)25-24-41(59-32-17-26-52)35-40(50)36-45(49)60-33-18-27-53/h8-9,39-46,49H,2-3,7,10-38,52-54H2,1,4-6H3/t39-,40?,41-,42-,43+,44+,45-,46+,49?,50?,51?/m1/s1. The molecule has 10 heteroatoms. The average molecular weight is 856 g/mol. The molecule has 0 aromatic rings. The molecule has 0 saturated heterocycles. The van der Waals surface area contributed by atoms with Crippen molar-refractivity contribution in [2.45, 2.75) is 174 Å². The summed E-state index contributed by atoms with van der Waals surface area (Å²) in [6, 6.07) is 0. The first kappa shape index (κ1) is 51.8. The highest BCUT2D eigenvalue weighted by atomic mass is 16.5. The molecule has 4 rings (SSSR count). The van der Waals surface area contributed by atoms with Gasteiger partial charge < -0.3 is 41.2 Å². The Morgan fingerprint density at radius 2 is 1.43 bits per heavy atom. The first-order valence-electron chi connectivity index (χ1n) is 25.3. The van der Waals surface area contributed by atoms with E-state index in [1.165, 1.54) is 44.9 Å². The van der Waals surface area contributed by atoms with Gasteiger partial charge in [-0.25, -0.2) is 0 Å². The average Bonchev–Trinajstić information content (AvgIpc) is 3.61. The molecule has 10 nitrogen and oxygen atoms in total. The molecule has 0 aromatic heterocycles. The van der Waals surface area contributed by atoms with Crippen molar-refractivity contribution in [2.75, 3.05) is 65.6 Å². The van der Waals surface area contributed by atoms with Gasteiger partial charge in [0.15, 0.2) is 0 Å². The molecule has 4 fully saturated rings. The number of rotatable bonds is 31. The van der Waals surface area contributed by atoms with E-state index in [9.17, 15) is 9.59 Å². The van der Waals surface area contributed by atoms with Crippen LogP contribution in [-0.2, 0) is 23.8 Å². The van der Waals surface area contributed by atoms with Gasteiger partial charge in [-0.15, -0.1) is 13.2 Å². The van der Waals surface area contributed by atoms with Gasteiger partial charge in [-0.3, -0.25) is 9.59 Å². The molecule has 0 aliphatic heterocycles. The molecule has 4 aliphatic carbocycles. The zero-order chi connectivity index (χ0) is 44.3. The van der Waals surface area contributed by atoms with Crippen LogP contribution < -0.4 is 17.2 Å². The highest BCUT2D eigenvalue weighted by Crippen LogP contribution is 2.69. The molecule has 4 aliphatic rings. The van der Waals surface area contributed by atoms with Gasteiger partial charge in [0.25, 0.3) is 0 Å². The largest absolute Gasteiger partial charge is 0.378 e. The molecule has 6 N–H and O–H groups in total. The second kappa shape index (κ2) is 26.8. The fraction of sp³-hybridized carbons (Fsp3) is 0.882. The van der Waals surface area contributed by atoms with Crippen molar-refractivity contribution in [1.29, 1.82) is 0 Å². The number of ether oxygens (including phenoxy) is 3. The van der Waals surface area contributed by atoms with E-state index in [-0.39, 0.29) is 41.4 Å². The predicted octanol–water partition coefficient (Wildman–Crippen LogP) is 8.65. The van der Waals surface area contributed by atoms with Crippen molar-refractivity contribution in [3.63, 3.8) is 0 Å². The first-order valence-corrected chi connectivity index (χ1v) is 25.3. The second-order valence-electron chi connectivity index (χ2n) is 20.1. The summed E-state index contributed by atoms with van der Waals surface area (Å²) >= 11 is 0. The fourth-order valence-corrected chi connectivity index (χ4v) is 12.9. The number of nitrogens with two attached hydrogens (primary N) is 3. The first-order chi connectivity index (χ1) is 29.5. The van der Waals surface area contributed by atoms with Crippen molar-refractivity contribution in [1.82, 2.24) is 9.80 Å². The smallest absolute Gasteiger partial charge is 0.242 e. The number of fused-ring (bicyclic) bond motifs is 5. The number of allylic oxidation sites excluding steroid dienone is 1. The summed E-state index contributed by atoms with van der Waals surface area (Å²) in [6.45, 7) is 23.7. The zero-order valence-electron chi connectivity index (χ0n) is 39.6. The van der Waals surface area contributed by atoms with Crippen LogP contribution >= 0.6 is 0 Å². The number of hydrogen-bond acceptors (Lipinski definition) is 8. The van der Waals surface area contributed by atoms with Gasteiger partial charge in [-0.05, 0) is 150 Å². The Morgan fingerprint density at radius 1 is 0.754 bits per heavy atom. The number of unbranched alkanes of at least 4 members (excludes halogenated alkanes) is 5. The summed E-state index contributed by atoms with van der Waals surface area (Å²) in [4.78, 5) is 30.8. The van der Waals surface area contributed by atoms with Gasteiger partial charge in [0.1, 0.15) is 6.54 Å². The van der Waals surface area contributed by atoms with E-state index in [1.54, 1.807) is 17.1 Å². The van der Waals surface area contributed by atoms with E-state index < -0.39 is 0 Å². The Bertz CT molecular complexity index is 1300. The summed E-state index contributed by atoms with van der Waals surface area (Å²) in [6.07, 6.45) is 25.0. The van der Waals surface area contributed by atoms with Crippen molar-refractivity contribution in [2.24, 2.45) is 63.5 Å². The molecule has 352 valence electrons. The molecular weight excluding hydrogens is 763 g/mol. The molecular formula is C51H93N5O5. The topological polar surface area (TPSA) is 146 Å². The zero-order valence-corrected chi connectivity index (χ0v) is 39.6. The maximum atomic E-state index is 14.0. The molecule has 11 atom stereocenters. The summed E-state index contributed by atoms with van der Waals surface area (Å²) in [5.41, 5.74) is 18.2. The van der Waals surface area contributed by atoms with Gasteiger partial charge in [-0.1, -0.05) is 72.0 Å². The van der Waals surface area contributed by atoms with Crippen LogP contribution in [0.15, 0.2) is 25.3 Å². The predicted molar refractivity (Wildman–Crippen MR) is 251 cm³/mol. The Balaban J connectivity index is 1.52. The van der Waals surface area contributed by atoms with E-state index in [1.807, 2.05) is 0 Å². The maximum Gasteiger partial charge on any atom is 0.242 e. The van der Waals surface area contributed by atoms with Gasteiger partial charge >= 0.3 is 0 Å². The third-order valence-electron chi connectivity index (χ3n) is 16.3. The number of carbonyl (C=O) groups excluding carboxylic acids is 2. The number of hydrogen-bond donors (Lipinski definition) is 3. The normalized spacial score (nSPS) is 31.1. The van der Waals surface area contributed by atoms with Crippen LogP contribution in [0.25, 0.3) is 0 Å². The highest BCUT2D eigenvalue weighted by molar-refractivity contribution is 5.85. The van der Waals surface area contributed by atoms with Crippen LogP contribution in [0.3, 0.4) is 0 Å². The van der Waals surface area contributed by atoms with E-state index >= 15 is 0 Å². The third-order valence-corrected chi connectivity index (χ3v) is 16.3. The molecule has 61 heavy (non-hydrogen) atoms. The molecule has 0 aromatic carbocycles. The summed E-state index contributed by atoms with van der Waals surface area (Å²) in [5, 5.41) is 0. The van der Waals surface area contributed by atoms with Crippen LogP contribution in [-0.4, -0.2) is 106 Å². The summed E-state index contributed by atoms with van der Waals surface area (Å²) in [5.74, 6) is 3.18. The van der Waals surface area contributed by atoms with E-state index in [0.29, 0.717) is 87.2 Å². The molecule has 0 heterocycles. The molecule has 0 radical (unpaired) electrons. The van der Waals surface area contributed by atoms with E-state index in [0.717, 1.165) is 96.9 Å². The third kappa shape index (κ3) is 13.8. The molecule has 0 bridgehead atoms. The van der Waals surface area contributed by atoms with Gasteiger partial charge in [-0.2, -0.15) is 0 Å². The molecule has 2 amide bonds. The lowest BCUT2D eigenvalue weighted by atomic mass is 9.43. The van der Waals surface area contributed by atoms with Crippen LogP contribution in [0, 0.1) is 46.3 Å². The Hall–Kier alpha value is -1.82. The minimum atomic E-state index is -0.0159. The molecule has 4 saturated carbocycles. The number of carbonyl (C=O) groups is 2. The number of nitrogens with zero attached hydrogens (tertiary/aromatic N) is 2. The summed E-state index contributed by atoms with van der Waals surface area (Å²) in [7, 11) is 0. The number of amides is 2. The highest BCUT2D eigenvalue weighted by Gasteiger charge is 2.66. The maximum absolute atomic E-state index is 14.0. The van der Waals surface area contributed by atoms with E-state index in [4.69, 9.17) is 31.4 Å². The fourth-order valence-electron chi connectivity index (χ4n) is 12.9. The Kier molecular flexibility index (Phi) is 22.8. The lowest BCUT2D eigenvalue weighted by molar-refractivity contribution is -0.227. The van der Waals surface area contributed by atoms with Crippen LogP contribution in [0.4, 0.5) is 0 Å². The van der Waals surface area contributed by atoms with Crippen LogP contribution in [0.1, 0.15) is 156 Å². The van der Waals surface area contributed by atoms with Crippen molar-refractivity contribution in [3.8, 4) is 0 Å². The quantitative estimate of drug-likeness (QED) is 0.0464. The minimum Gasteiger partial charge on any atom is -0.378 e. The Morgan fingerprint density at radius 3 is 2.11 bits per heavy atom. The van der Waals surface area contributed by atoms with E-state index in [2.05, 4.69) is 45.8 Å². The van der Waals surface area contributed by atoms with Crippen molar-refractivity contribution >= 4 is 11.8 Å². The molecule has 0 spiro atoms. The van der Waals surface area contributed by atoms with Crippen molar-refractivity contribution in [3.05, 3.63) is 25.3 Å². The van der Waals surface area contributed by atoms with Gasteiger partial charge in [0, 0.05) is 51.3 Å². The lowest BCUT2D eigenvalue weighted by Gasteiger charge is -2.65. The second-order valence-corrected chi connectivity index (χ2v) is 20.1. The van der Waals surface area contributed by atoms with Gasteiger partial charge in [0.2, 0.25) is 11.8 Å². The van der Waals surface area contributed by atoms with Gasteiger partial charge in [0.05, 0.1) is 18.3 Å². The van der Waals surface area contributed by atoms with Crippen LogP contribution in [0.5, 0.6) is 0 Å². The van der Waals surface area contributed by atoms with Crippen molar-refractivity contribution < 1.29 is 23.8 Å². The van der Waals surface area contributed by atoms with Crippen LogP contribution in [0.2, 0.25) is 0 Å². The summed E-state index contributed by atoms with van der Waals surface area (Å²) < 4.78 is 20.5. The Labute approximate surface area is 373 Å². The minimum absolute atomic E-state index is 0.0159. The molecule has 4 unspecified atom stereocenters. The SMILES string of the molecule is C=CCCC(=O)N(CC=C)CC(=O)N(CCCCCCCC)CCC[C@@H](C)[C@H]1CC[C@H]2C3[C@H](OCCCN)CC4C[C@H](OCCCN)CCC4(C)[C@H]3C[C@H](OCCCN)C12C. The lowest BCUT2D eigenvalue weighted by Crippen LogP contribution is -2.63. The monoisotopic (exact) mass is 856 g/mol.